The lowest BCUT2D eigenvalue weighted by atomic mass is 9.90. The third-order valence-corrected chi connectivity index (χ3v) is 1.86. The van der Waals surface area contributed by atoms with Gasteiger partial charge < -0.3 is 9.73 Å². The van der Waals surface area contributed by atoms with Crippen LogP contribution in [0.25, 0.3) is 0 Å². The molecule has 0 spiro atoms. The first-order chi connectivity index (χ1) is 5.56. The van der Waals surface area contributed by atoms with Crippen LogP contribution < -0.4 is 5.32 Å². The van der Waals surface area contributed by atoms with Crippen molar-refractivity contribution in [2.24, 2.45) is 0 Å². The summed E-state index contributed by atoms with van der Waals surface area (Å²) in [5, 5.41) is 3.03. The summed E-state index contributed by atoms with van der Waals surface area (Å²) < 4.78 is 17.4. The molecule has 1 N–H and O–H groups in total. The molecular weight excluding hydrogens is 157 g/mol. The summed E-state index contributed by atoms with van der Waals surface area (Å²) in [6, 6.07) is 2.49. The third-order valence-electron chi connectivity index (χ3n) is 1.86. The average Bonchev–Trinajstić information content (AvgIpc) is 2.36. The van der Waals surface area contributed by atoms with Crippen molar-refractivity contribution in [3.8, 4) is 0 Å². The fraction of sp³-hybridized carbons (Fsp3) is 0.556. The number of likely N-dealkylation sites (N-methyl/N-ethyl adjacent to an activating group) is 1. The number of furan rings is 1. The Bertz CT molecular complexity index is 255. The zero-order valence-corrected chi connectivity index (χ0v) is 7.65. The van der Waals surface area contributed by atoms with Crippen LogP contribution in [0.15, 0.2) is 16.5 Å². The highest BCUT2D eigenvalue weighted by atomic mass is 19.1. The van der Waals surface area contributed by atoms with Gasteiger partial charge in [0.25, 0.3) is 6.01 Å². The fourth-order valence-electron chi connectivity index (χ4n) is 1.21. The number of hydrogen-bond donors (Lipinski definition) is 1. The van der Waals surface area contributed by atoms with E-state index in [1.165, 1.54) is 6.07 Å². The average molecular weight is 171 g/mol. The molecule has 0 amide bonds. The molecule has 0 saturated carbocycles. The number of halogens is 1. The van der Waals surface area contributed by atoms with Gasteiger partial charge in [0.15, 0.2) is 0 Å². The maximum absolute atomic E-state index is 12.5. The van der Waals surface area contributed by atoms with Gasteiger partial charge in [0.1, 0.15) is 5.76 Å². The van der Waals surface area contributed by atoms with Gasteiger partial charge in [-0.3, -0.25) is 0 Å². The summed E-state index contributed by atoms with van der Waals surface area (Å²) in [5.74, 6) is 0.675. The Balaban J connectivity index is 2.81. The summed E-state index contributed by atoms with van der Waals surface area (Å²) in [6.07, 6.45) is 0. The minimum absolute atomic E-state index is 0.154. The van der Waals surface area contributed by atoms with E-state index in [0.717, 1.165) is 6.54 Å². The van der Waals surface area contributed by atoms with Crippen LogP contribution in [-0.2, 0) is 5.41 Å². The van der Waals surface area contributed by atoms with Crippen LogP contribution in [0, 0.1) is 6.01 Å². The lowest BCUT2D eigenvalue weighted by molar-refractivity contribution is 0.292. The van der Waals surface area contributed by atoms with Gasteiger partial charge in [0, 0.05) is 18.0 Å². The van der Waals surface area contributed by atoms with E-state index in [9.17, 15) is 4.39 Å². The second-order valence-corrected chi connectivity index (χ2v) is 3.52. The highest BCUT2D eigenvalue weighted by molar-refractivity contribution is 5.12. The zero-order valence-electron chi connectivity index (χ0n) is 7.65. The van der Waals surface area contributed by atoms with Crippen molar-refractivity contribution in [1.29, 1.82) is 0 Å². The van der Waals surface area contributed by atoms with E-state index in [-0.39, 0.29) is 5.41 Å². The van der Waals surface area contributed by atoms with Crippen LogP contribution in [0.3, 0.4) is 0 Å². The Morgan fingerprint density at radius 3 is 2.58 bits per heavy atom. The van der Waals surface area contributed by atoms with Crippen molar-refractivity contribution < 1.29 is 8.81 Å². The van der Waals surface area contributed by atoms with Gasteiger partial charge >= 0.3 is 0 Å². The molecule has 3 heteroatoms. The predicted molar refractivity (Wildman–Crippen MR) is 45.6 cm³/mol. The van der Waals surface area contributed by atoms with Crippen LogP contribution in [0.5, 0.6) is 0 Å². The largest absolute Gasteiger partial charge is 0.436 e. The second kappa shape index (κ2) is 3.27. The van der Waals surface area contributed by atoms with E-state index < -0.39 is 6.01 Å². The van der Waals surface area contributed by atoms with Gasteiger partial charge in [-0.25, -0.2) is 0 Å². The van der Waals surface area contributed by atoms with Gasteiger partial charge in [-0.2, -0.15) is 4.39 Å². The molecule has 0 aliphatic carbocycles. The Kier molecular flexibility index (Phi) is 2.52. The van der Waals surface area contributed by atoms with Crippen LogP contribution in [0.1, 0.15) is 19.6 Å². The molecule has 1 rings (SSSR count). The molecule has 68 valence electrons. The molecule has 2 nitrogen and oxygen atoms in total. The Morgan fingerprint density at radius 1 is 1.50 bits per heavy atom. The SMILES string of the molecule is CNCC(C)(C)c1ccc(F)o1. The van der Waals surface area contributed by atoms with Crippen LogP contribution in [-0.4, -0.2) is 13.6 Å². The third kappa shape index (κ3) is 1.85. The summed E-state index contributed by atoms with van der Waals surface area (Å²) in [6.45, 7) is 4.77. The topological polar surface area (TPSA) is 25.2 Å². The second-order valence-electron chi connectivity index (χ2n) is 3.52. The van der Waals surface area contributed by atoms with Crippen molar-refractivity contribution in [2.45, 2.75) is 19.3 Å². The predicted octanol–water partition coefficient (Wildman–Crippen LogP) is 1.92. The Labute approximate surface area is 71.8 Å². The van der Waals surface area contributed by atoms with E-state index in [1.807, 2.05) is 20.9 Å². The van der Waals surface area contributed by atoms with Crippen molar-refractivity contribution >= 4 is 0 Å². The summed E-state index contributed by atoms with van der Waals surface area (Å²) in [5.41, 5.74) is -0.154. The monoisotopic (exact) mass is 171 g/mol. The molecular formula is C9H14FNO. The summed E-state index contributed by atoms with van der Waals surface area (Å²) in [7, 11) is 1.86. The van der Waals surface area contributed by atoms with Crippen molar-refractivity contribution in [3.05, 3.63) is 23.9 Å². The van der Waals surface area contributed by atoms with Crippen molar-refractivity contribution in [2.75, 3.05) is 13.6 Å². The highest BCUT2D eigenvalue weighted by Crippen LogP contribution is 2.23. The minimum Gasteiger partial charge on any atom is -0.436 e. The van der Waals surface area contributed by atoms with Crippen molar-refractivity contribution in [3.63, 3.8) is 0 Å². The van der Waals surface area contributed by atoms with E-state index in [0.29, 0.717) is 5.76 Å². The molecule has 0 bridgehead atoms. The highest BCUT2D eigenvalue weighted by Gasteiger charge is 2.23. The summed E-state index contributed by atoms with van der Waals surface area (Å²) >= 11 is 0. The maximum Gasteiger partial charge on any atom is 0.277 e. The molecule has 1 heterocycles. The molecule has 0 radical (unpaired) electrons. The molecule has 0 aromatic carbocycles. The van der Waals surface area contributed by atoms with Crippen LogP contribution in [0.4, 0.5) is 4.39 Å². The first-order valence-corrected chi connectivity index (χ1v) is 3.97. The molecule has 12 heavy (non-hydrogen) atoms. The number of hydrogen-bond acceptors (Lipinski definition) is 2. The molecule has 0 fully saturated rings. The summed E-state index contributed by atoms with van der Waals surface area (Å²) in [4.78, 5) is 0. The maximum atomic E-state index is 12.5. The van der Waals surface area contributed by atoms with Gasteiger partial charge in [-0.05, 0) is 13.1 Å². The van der Waals surface area contributed by atoms with E-state index in [1.54, 1.807) is 6.07 Å². The fourth-order valence-corrected chi connectivity index (χ4v) is 1.21. The van der Waals surface area contributed by atoms with Gasteiger partial charge in [0.2, 0.25) is 0 Å². The van der Waals surface area contributed by atoms with Crippen molar-refractivity contribution in [1.82, 2.24) is 5.32 Å². The Hall–Kier alpha value is -0.830. The smallest absolute Gasteiger partial charge is 0.277 e. The lowest BCUT2D eigenvalue weighted by Gasteiger charge is -2.20. The number of rotatable bonds is 3. The molecule has 0 unspecified atom stereocenters. The molecule has 0 atom stereocenters. The first kappa shape index (κ1) is 9.26. The molecule has 1 aromatic rings. The normalized spacial score (nSPS) is 12.0. The van der Waals surface area contributed by atoms with E-state index in [2.05, 4.69) is 5.32 Å². The van der Waals surface area contributed by atoms with Gasteiger partial charge in [-0.1, -0.05) is 13.8 Å². The molecule has 0 saturated heterocycles. The lowest BCUT2D eigenvalue weighted by Crippen LogP contribution is -2.30. The molecule has 0 aliphatic rings. The van der Waals surface area contributed by atoms with E-state index >= 15 is 0 Å². The molecule has 1 aromatic heterocycles. The first-order valence-electron chi connectivity index (χ1n) is 3.97. The van der Waals surface area contributed by atoms with Crippen LogP contribution in [0.2, 0.25) is 0 Å². The molecule has 0 aliphatic heterocycles. The standard InChI is InChI=1S/C9H14FNO/c1-9(2,6-11-3)7-4-5-8(10)12-7/h4-5,11H,6H2,1-3H3. The van der Waals surface area contributed by atoms with E-state index in [4.69, 9.17) is 4.42 Å². The number of nitrogens with one attached hydrogen (secondary N) is 1. The van der Waals surface area contributed by atoms with Crippen LogP contribution >= 0.6 is 0 Å². The van der Waals surface area contributed by atoms with Gasteiger partial charge in [-0.15, -0.1) is 0 Å². The van der Waals surface area contributed by atoms with Gasteiger partial charge in [0.05, 0.1) is 0 Å². The quantitative estimate of drug-likeness (QED) is 0.751. The zero-order chi connectivity index (χ0) is 9.19. The minimum atomic E-state index is -0.519. The Morgan fingerprint density at radius 2 is 2.17 bits per heavy atom.